The van der Waals surface area contributed by atoms with Crippen molar-refractivity contribution in [3.05, 3.63) is 80.7 Å². The van der Waals surface area contributed by atoms with Crippen LogP contribution in [0.5, 0.6) is 5.88 Å². The van der Waals surface area contributed by atoms with E-state index in [0.717, 1.165) is 5.56 Å². The van der Waals surface area contributed by atoms with Gasteiger partial charge in [0, 0.05) is 17.0 Å². The summed E-state index contributed by atoms with van der Waals surface area (Å²) in [6, 6.07) is 17.8. The fourth-order valence-electron chi connectivity index (χ4n) is 4.08. The van der Waals surface area contributed by atoms with E-state index in [1.54, 1.807) is 25.1 Å². The molecule has 0 saturated heterocycles. The highest BCUT2D eigenvalue weighted by Gasteiger charge is 2.34. The van der Waals surface area contributed by atoms with E-state index in [1.165, 1.54) is 17.4 Å². The number of rotatable bonds is 5. The number of nitro groups is 1. The Bertz CT molecular complexity index is 1490. The minimum absolute atomic E-state index is 0.110. The summed E-state index contributed by atoms with van der Waals surface area (Å²) in [5.74, 6) is -0.180. The summed E-state index contributed by atoms with van der Waals surface area (Å²) >= 11 is 1.17. The minimum Gasteiger partial charge on any atom is -0.477 e. The van der Waals surface area contributed by atoms with Crippen LogP contribution < -0.4 is 15.4 Å². The van der Waals surface area contributed by atoms with Crippen LogP contribution in [0.2, 0.25) is 0 Å². The van der Waals surface area contributed by atoms with Crippen LogP contribution in [0.1, 0.15) is 33.9 Å². The molecule has 0 spiro atoms. The van der Waals surface area contributed by atoms with Crippen LogP contribution in [0.4, 0.5) is 11.4 Å². The molecule has 2 aromatic carbocycles. The zero-order chi connectivity index (χ0) is 23.8. The molecule has 1 unspecified atom stereocenters. The third-order valence-corrected chi connectivity index (χ3v) is 6.56. The molecule has 2 N–H and O–H groups in total. The number of amides is 1. The lowest BCUT2D eigenvalue weighted by Gasteiger charge is -2.26. The molecule has 5 rings (SSSR count). The largest absolute Gasteiger partial charge is 0.477 e. The van der Waals surface area contributed by atoms with Crippen LogP contribution in [-0.2, 0) is 0 Å². The Balaban J connectivity index is 1.78. The molecule has 34 heavy (non-hydrogen) atoms. The van der Waals surface area contributed by atoms with Crippen molar-refractivity contribution in [2.24, 2.45) is 0 Å². The van der Waals surface area contributed by atoms with Gasteiger partial charge in [0.25, 0.3) is 11.6 Å². The lowest BCUT2D eigenvalue weighted by molar-refractivity contribution is -0.385. The van der Waals surface area contributed by atoms with E-state index in [1.807, 2.05) is 30.3 Å². The van der Waals surface area contributed by atoms with Crippen LogP contribution in [0, 0.1) is 21.4 Å². The first-order valence-corrected chi connectivity index (χ1v) is 11.2. The Labute approximate surface area is 197 Å². The molecule has 0 saturated carbocycles. The number of ether oxygens (including phenoxy) is 1. The van der Waals surface area contributed by atoms with E-state index >= 15 is 0 Å². The summed E-state index contributed by atoms with van der Waals surface area (Å²) in [4.78, 5) is 29.7. The first kappa shape index (κ1) is 21.4. The predicted molar refractivity (Wildman–Crippen MR) is 128 cm³/mol. The molecule has 1 aliphatic heterocycles. The fourth-order valence-corrected chi connectivity index (χ4v) is 5.12. The third-order valence-electron chi connectivity index (χ3n) is 5.48. The van der Waals surface area contributed by atoms with Gasteiger partial charge in [0.1, 0.15) is 27.5 Å². The Morgan fingerprint density at radius 1 is 1.18 bits per heavy atom. The Kier molecular flexibility index (Phi) is 5.31. The number of hydrogen-bond acceptors (Lipinski definition) is 8. The lowest BCUT2D eigenvalue weighted by atomic mass is 9.96. The molecule has 3 heterocycles. The van der Waals surface area contributed by atoms with Gasteiger partial charge < -0.3 is 15.4 Å². The molecular formula is C24H17N5O4S. The number of carbonyl (C=O) groups is 1. The molecule has 0 bridgehead atoms. The summed E-state index contributed by atoms with van der Waals surface area (Å²) < 4.78 is 5.67. The van der Waals surface area contributed by atoms with E-state index in [9.17, 15) is 20.2 Å². The number of nitro benzene ring substituents is 1. The number of aromatic nitrogens is 1. The monoisotopic (exact) mass is 471 g/mol. The Morgan fingerprint density at radius 2 is 1.91 bits per heavy atom. The number of nitrogens with one attached hydrogen (secondary N) is 2. The standard InChI is InChI=1S/C24H17N5O4S/c1-2-33-23-15(12-25)17(13-8-4-3-5-9-13)18-19-20(34-24(18)28-23)22(30)27-21(26-19)14-10-6-7-11-16(14)29(31)32/h3-11,21,26H,2H2,1H3,(H,27,30). The Hall–Kier alpha value is -4.49. The molecule has 1 atom stereocenters. The average Bonchev–Trinajstić information content (AvgIpc) is 3.22. The zero-order valence-electron chi connectivity index (χ0n) is 17.9. The van der Waals surface area contributed by atoms with Crippen LogP contribution in [-0.4, -0.2) is 22.4 Å². The Morgan fingerprint density at radius 3 is 2.62 bits per heavy atom. The van der Waals surface area contributed by atoms with Gasteiger partial charge in [0.2, 0.25) is 5.88 Å². The summed E-state index contributed by atoms with van der Waals surface area (Å²) in [5.41, 5.74) is 2.32. The number of fused-ring (bicyclic) bond motifs is 3. The molecule has 168 valence electrons. The normalized spacial score (nSPS) is 14.6. The number of nitriles is 1. The van der Waals surface area contributed by atoms with Gasteiger partial charge in [-0.05, 0) is 18.6 Å². The van der Waals surface area contributed by atoms with Gasteiger partial charge in [-0.3, -0.25) is 14.9 Å². The number of anilines is 1. The molecule has 4 aromatic rings. The fraction of sp³-hybridized carbons (Fsp3) is 0.125. The number of pyridine rings is 1. The minimum atomic E-state index is -0.833. The number of hydrogen-bond donors (Lipinski definition) is 2. The number of benzene rings is 2. The van der Waals surface area contributed by atoms with Crippen molar-refractivity contribution < 1.29 is 14.5 Å². The van der Waals surface area contributed by atoms with Gasteiger partial charge in [0.15, 0.2) is 0 Å². The van der Waals surface area contributed by atoms with Gasteiger partial charge in [0.05, 0.1) is 22.8 Å². The molecule has 1 amide bonds. The highest BCUT2D eigenvalue weighted by atomic mass is 32.1. The second-order valence-corrected chi connectivity index (χ2v) is 8.43. The van der Waals surface area contributed by atoms with Crippen molar-refractivity contribution >= 4 is 38.8 Å². The van der Waals surface area contributed by atoms with E-state index in [4.69, 9.17) is 4.74 Å². The van der Waals surface area contributed by atoms with Crippen LogP contribution in [0.15, 0.2) is 54.6 Å². The SMILES string of the molecule is CCOc1nc2sc3c(c2c(-c2ccccc2)c1C#N)NC(c1ccccc1[N+](=O)[O-])NC3=O. The summed E-state index contributed by atoms with van der Waals surface area (Å²) in [5, 5.41) is 28.3. The molecular weight excluding hydrogens is 454 g/mol. The topological polar surface area (TPSA) is 130 Å². The van der Waals surface area contributed by atoms with Crippen molar-refractivity contribution in [3.63, 3.8) is 0 Å². The molecule has 9 nitrogen and oxygen atoms in total. The number of nitrogens with zero attached hydrogens (tertiary/aromatic N) is 3. The summed E-state index contributed by atoms with van der Waals surface area (Å²) in [7, 11) is 0. The van der Waals surface area contributed by atoms with Gasteiger partial charge in [-0.1, -0.05) is 42.5 Å². The average molecular weight is 471 g/mol. The lowest BCUT2D eigenvalue weighted by Crippen LogP contribution is -2.37. The molecule has 0 fully saturated rings. The van der Waals surface area contributed by atoms with Crippen molar-refractivity contribution in [1.29, 1.82) is 5.26 Å². The van der Waals surface area contributed by atoms with Crippen molar-refractivity contribution in [3.8, 4) is 23.1 Å². The summed E-state index contributed by atoms with van der Waals surface area (Å²) in [6.07, 6.45) is -0.833. The maximum Gasteiger partial charge on any atom is 0.276 e. The quantitative estimate of drug-likeness (QED) is 0.309. The smallest absolute Gasteiger partial charge is 0.276 e. The molecule has 1 aliphatic rings. The molecule has 0 aliphatic carbocycles. The second kappa shape index (κ2) is 8.46. The zero-order valence-corrected chi connectivity index (χ0v) is 18.7. The van der Waals surface area contributed by atoms with Gasteiger partial charge in [-0.2, -0.15) is 5.26 Å². The highest BCUT2D eigenvalue weighted by molar-refractivity contribution is 7.21. The first-order valence-electron chi connectivity index (χ1n) is 10.4. The van der Waals surface area contributed by atoms with Crippen LogP contribution >= 0.6 is 11.3 Å². The van der Waals surface area contributed by atoms with E-state index < -0.39 is 11.1 Å². The van der Waals surface area contributed by atoms with Gasteiger partial charge in [-0.25, -0.2) is 4.98 Å². The predicted octanol–water partition coefficient (Wildman–Crippen LogP) is 5.00. The molecule has 2 aromatic heterocycles. The number of para-hydroxylation sites is 1. The van der Waals surface area contributed by atoms with E-state index in [2.05, 4.69) is 21.7 Å². The number of thiophene rings is 1. The van der Waals surface area contributed by atoms with Gasteiger partial charge in [-0.15, -0.1) is 11.3 Å². The number of carbonyl (C=O) groups excluding carboxylic acids is 1. The summed E-state index contributed by atoms with van der Waals surface area (Å²) in [6.45, 7) is 2.13. The third kappa shape index (κ3) is 3.39. The molecule has 10 heteroatoms. The maximum absolute atomic E-state index is 13.1. The van der Waals surface area contributed by atoms with E-state index in [-0.39, 0.29) is 23.0 Å². The molecule has 0 radical (unpaired) electrons. The van der Waals surface area contributed by atoms with Crippen LogP contribution in [0.25, 0.3) is 21.3 Å². The van der Waals surface area contributed by atoms with Crippen molar-refractivity contribution in [1.82, 2.24) is 10.3 Å². The van der Waals surface area contributed by atoms with Crippen molar-refractivity contribution in [2.45, 2.75) is 13.1 Å². The highest BCUT2D eigenvalue weighted by Crippen LogP contribution is 2.47. The van der Waals surface area contributed by atoms with Crippen LogP contribution in [0.3, 0.4) is 0 Å². The second-order valence-electron chi connectivity index (χ2n) is 7.43. The first-order chi connectivity index (χ1) is 16.5. The van der Waals surface area contributed by atoms with E-state index in [0.29, 0.717) is 38.5 Å². The van der Waals surface area contributed by atoms with Crippen molar-refractivity contribution in [2.75, 3.05) is 11.9 Å². The van der Waals surface area contributed by atoms with Gasteiger partial charge >= 0.3 is 0 Å². The maximum atomic E-state index is 13.1.